The van der Waals surface area contributed by atoms with E-state index in [-0.39, 0.29) is 11.8 Å². The Bertz CT molecular complexity index is 869. The third-order valence-electron chi connectivity index (χ3n) is 4.76. The van der Waals surface area contributed by atoms with Crippen LogP contribution in [0.2, 0.25) is 0 Å². The van der Waals surface area contributed by atoms with Crippen LogP contribution < -0.4 is 0 Å². The molecule has 0 saturated carbocycles. The maximum Gasteiger partial charge on any atom is 0.276 e. The lowest BCUT2D eigenvalue weighted by Crippen LogP contribution is -2.39. The summed E-state index contributed by atoms with van der Waals surface area (Å²) < 4.78 is 0. The molecule has 0 fully saturated rings. The van der Waals surface area contributed by atoms with E-state index >= 15 is 0 Å². The molecule has 2 aromatic heterocycles. The van der Waals surface area contributed by atoms with Gasteiger partial charge in [0.15, 0.2) is 5.69 Å². The standard InChI is InChI=1S/C18H20N6O/c1-12-16(22-23-21-12)18(25)24-9-14(17-15(10-24)19-11-20-17)8-7-13-5-3-2-4-6-13/h2-6,11,14H,7-10H2,1H3,(H,19,20)(H,21,22,23). The third kappa shape index (κ3) is 3.05. The molecule has 1 aliphatic heterocycles. The summed E-state index contributed by atoms with van der Waals surface area (Å²) in [6, 6.07) is 10.4. The first-order chi connectivity index (χ1) is 12.2. The summed E-state index contributed by atoms with van der Waals surface area (Å²) >= 11 is 0. The zero-order valence-electron chi connectivity index (χ0n) is 14.1. The second kappa shape index (κ2) is 6.51. The number of carbonyl (C=O) groups is 1. The van der Waals surface area contributed by atoms with Crippen LogP contribution in [0.3, 0.4) is 0 Å². The van der Waals surface area contributed by atoms with Gasteiger partial charge in [-0.3, -0.25) is 4.79 Å². The lowest BCUT2D eigenvalue weighted by Gasteiger charge is -2.31. The predicted octanol–water partition coefficient (Wildman–Crippen LogP) is 2.21. The Kier molecular flexibility index (Phi) is 4.05. The molecule has 1 atom stereocenters. The van der Waals surface area contributed by atoms with Crippen LogP contribution in [-0.4, -0.2) is 42.7 Å². The van der Waals surface area contributed by atoms with Gasteiger partial charge in [-0.15, -0.1) is 0 Å². The van der Waals surface area contributed by atoms with Crippen molar-refractivity contribution in [2.45, 2.75) is 32.2 Å². The van der Waals surface area contributed by atoms with Gasteiger partial charge in [0, 0.05) is 12.5 Å². The number of carbonyl (C=O) groups excluding carboxylic acids is 1. The first kappa shape index (κ1) is 15.6. The van der Waals surface area contributed by atoms with Crippen molar-refractivity contribution in [3.63, 3.8) is 0 Å². The topological polar surface area (TPSA) is 90.6 Å². The Balaban J connectivity index is 1.53. The maximum absolute atomic E-state index is 12.8. The van der Waals surface area contributed by atoms with Crippen molar-refractivity contribution in [3.8, 4) is 0 Å². The van der Waals surface area contributed by atoms with Gasteiger partial charge in [0.25, 0.3) is 5.91 Å². The van der Waals surface area contributed by atoms with Gasteiger partial charge in [-0.1, -0.05) is 30.3 Å². The van der Waals surface area contributed by atoms with E-state index in [9.17, 15) is 4.79 Å². The molecule has 1 aliphatic rings. The summed E-state index contributed by atoms with van der Waals surface area (Å²) in [5.74, 6) is 0.127. The molecule has 0 saturated heterocycles. The van der Waals surface area contributed by atoms with E-state index in [0.717, 1.165) is 24.2 Å². The number of amides is 1. The Morgan fingerprint density at radius 3 is 2.88 bits per heavy atom. The SMILES string of the molecule is Cc1n[nH]nc1C(=O)N1Cc2[nH]cnc2C(CCc2ccccc2)C1. The minimum Gasteiger partial charge on any atom is -0.347 e. The van der Waals surface area contributed by atoms with Crippen LogP contribution in [0.5, 0.6) is 0 Å². The van der Waals surface area contributed by atoms with Crippen molar-refractivity contribution in [2.24, 2.45) is 0 Å². The summed E-state index contributed by atoms with van der Waals surface area (Å²) in [7, 11) is 0. The summed E-state index contributed by atoms with van der Waals surface area (Å²) in [5.41, 5.74) is 4.41. The first-order valence-electron chi connectivity index (χ1n) is 8.45. The fourth-order valence-electron chi connectivity index (χ4n) is 3.42. The molecule has 4 rings (SSSR count). The zero-order valence-corrected chi connectivity index (χ0v) is 14.1. The number of H-pyrrole nitrogens is 2. The van der Waals surface area contributed by atoms with Gasteiger partial charge in [-0.05, 0) is 25.3 Å². The summed E-state index contributed by atoms with van der Waals surface area (Å²) in [5, 5.41) is 10.5. The first-order valence-corrected chi connectivity index (χ1v) is 8.45. The quantitative estimate of drug-likeness (QED) is 0.764. The number of rotatable bonds is 4. The Labute approximate surface area is 145 Å². The molecular weight excluding hydrogens is 316 g/mol. The molecule has 3 heterocycles. The molecule has 0 radical (unpaired) electrons. The second-order valence-corrected chi connectivity index (χ2v) is 6.43. The lowest BCUT2D eigenvalue weighted by atomic mass is 9.91. The minimum atomic E-state index is -0.0868. The maximum atomic E-state index is 12.8. The number of aryl methyl sites for hydroxylation is 2. The van der Waals surface area contributed by atoms with Gasteiger partial charge in [0.2, 0.25) is 0 Å². The molecule has 0 spiro atoms. The van der Waals surface area contributed by atoms with E-state index in [0.29, 0.717) is 24.5 Å². The number of nitrogens with one attached hydrogen (secondary N) is 2. The Morgan fingerprint density at radius 2 is 2.12 bits per heavy atom. The van der Waals surface area contributed by atoms with Gasteiger partial charge in [-0.25, -0.2) is 4.98 Å². The number of aromatic nitrogens is 5. The van der Waals surface area contributed by atoms with E-state index in [1.807, 2.05) is 11.0 Å². The van der Waals surface area contributed by atoms with Crippen molar-refractivity contribution < 1.29 is 4.79 Å². The van der Waals surface area contributed by atoms with Gasteiger partial charge in [0.05, 0.1) is 30.0 Å². The molecule has 0 aliphatic carbocycles. The molecule has 1 unspecified atom stereocenters. The van der Waals surface area contributed by atoms with E-state index < -0.39 is 0 Å². The average Bonchev–Trinajstić information content (AvgIpc) is 3.28. The monoisotopic (exact) mass is 336 g/mol. The van der Waals surface area contributed by atoms with Crippen LogP contribution in [0.25, 0.3) is 0 Å². The number of benzene rings is 1. The van der Waals surface area contributed by atoms with Crippen LogP contribution in [0.4, 0.5) is 0 Å². The molecule has 7 nitrogen and oxygen atoms in total. The molecule has 0 bridgehead atoms. The summed E-state index contributed by atoms with van der Waals surface area (Å²) in [4.78, 5) is 22.3. The highest BCUT2D eigenvalue weighted by molar-refractivity contribution is 5.93. The van der Waals surface area contributed by atoms with E-state index in [1.165, 1.54) is 5.56 Å². The van der Waals surface area contributed by atoms with Crippen molar-refractivity contribution in [3.05, 3.63) is 65.0 Å². The highest BCUT2D eigenvalue weighted by Crippen LogP contribution is 2.30. The normalized spacial score (nSPS) is 16.7. The van der Waals surface area contributed by atoms with Crippen LogP contribution in [0, 0.1) is 6.92 Å². The summed E-state index contributed by atoms with van der Waals surface area (Å²) in [6.07, 6.45) is 3.63. The van der Waals surface area contributed by atoms with Crippen LogP contribution in [0.15, 0.2) is 36.7 Å². The van der Waals surface area contributed by atoms with Crippen LogP contribution in [0.1, 0.15) is 45.5 Å². The average molecular weight is 336 g/mol. The summed E-state index contributed by atoms with van der Waals surface area (Å²) in [6.45, 7) is 2.97. The molecule has 1 aromatic carbocycles. The van der Waals surface area contributed by atoms with E-state index in [4.69, 9.17) is 0 Å². The predicted molar refractivity (Wildman–Crippen MR) is 92.0 cm³/mol. The Morgan fingerprint density at radius 1 is 1.28 bits per heavy atom. The van der Waals surface area contributed by atoms with Gasteiger partial charge >= 0.3 is 0 Å². The molecule has 25 heavy (non-hydrogen) atoms. The van der Waals surface area contributed by atoms with Crippen molar-refractivity contribution >= 4 is 5.91 Å². The highest BCUT2D eigenvalue weighted by Gasteiger charge is 2.32. The number of nitrogens with zero attached hydrogens (tertiary/aromatic N) is 4. The van der Waals surface area contributed by atoms with Crippen LogP contribution >= 0.6 is 0 Å². The third-order valence-corrected chi connectivity index (χ3v) is 4.76. The molecule has 7 heteroatoms. The molecule has 3 aromatic rings. The van der Waals surface area contributed by atoms with Crippen LogP contribution in [-0.2, 0) is 13.0 Å². The van der Waals surface area contributed by atoms with E-state index in [1.54, 1.807) is 13.3 Å². The number of hydrogen-bond donors (Lipinski definition) is 2. The number of fused-ring (bicyclic) bond motifs is 1. The number of aromatic amines is 2. The van der Waals surface area contributed by atoms with E-state index in [2.05, 4.69) is 49.6 Å². The smallest absolute Gasteiger partial charge is 0.276 e. The van der Waals surface area contributed by atoms with Gasteiger partial charge < -0.3 is 9.88 Å². The number of hydrogen-bond acceptors (Lipinski definition) is 4. The fourth-order valence-corrected chi connectivity index (χ4v) is 3.42. The second-order valence-electron chi connectivity index (χ2n) is 6.43. The zero-order chi connectivity index (χ0) is 17.2. The minimum absolute atomic E-state index is 0.0868. The number of imidazole rings is 1. The molecule has 2 N–H and O–H groups in total. The van der Waals surface area contributed by atoms with Crippen molar-refractivity contribution in [2.75, 3.05) is 6.54 Å². The fraction of sp³-hybridized carbons (Fsp3) is 0.333. The Hall–Kier alpha value is -2.96. The highest BCUT2D eigenvalue weighted by atomic mass is 16.2. The van der Waals surface area contributed by atoms with Gasteiger partial charge in [0.1, 0.15) is 0 Å². The van der Waals surface area contributed by atoms with Gasteiger partial charge in [-0.2, -0.15) is 15.4 Å². The largest absolute Gasteiger partial charge is 0.347 e. The molecule has 1 amide bonds. The molecule has 128 valence electrons. The molecular formula is C18H20N6O. The lowest BCUT2D eigenvalue weighted by molar-refractivity contribution is 0.0704. The van der Waals surface area contributed by atoms with Crippen molar-refractivity contribution in [1.82, 2.24) is 30.3 Å². The van der Waals surface area contributed by atoms with Crippen molar-refractivity contribution in [1.29, 1.82) is 0 Å².